The van der Waals surface area contributed by atoms with Gasteiger partial charge in [-0.25, -0.2) is 4.98 Å². The predicted molar refractivity (Wildman–Crippen MR) is 65.8 cm³/mol. The molecule has 0 unspecified atom stereocenters. The van der Waals surface area contributed by atoms with Gasteiger partial charge in [-0.3, -0.25) is 4.79 Å². The zero-order valence-corrected chi connectivity index (χ0v) is 9.99. The van der Waals surface area contributed by atoms with Crippen LogP contribution in [0.5, 0.6) is 0 Å². The van der Waals surface area contributed by atoms with Crippen LogP contribution in [0.4, 0.5) is 5.82 Å². The molecule has 0 radical (unpaired) electrons. The molecule has 16 heavy (non-hydrogen) atoms. The van der Waals surface area contributed by atoms with Crippen molar-refractivity contribution < 1.29 is 0 Å². The summed E-state index contributed by atoms with van der Waals surface area (Å²) in [6, 6.07) is 1.53. The van der Waals surface area contributed by atoms with E-state index in [2.05, 4.69) is 21.8 Å². The molecular weight excluding hydrogens is 204 g/mol. The Labute approximate surface area is 95.7 Å². The minimum atomic E-state index is -0.0972. The molecule has 90 valence electrons. The number of aryl methyl sites for hydroxylation is 1. The van der Waals surface area contributed by atoms with Crippen LogP contribution in [-0.2, 0) is 6.42 Å². The van der Waals surface area contributed by atoms with Gasteiger partial charge >= 0.3 is 0 Å². The number of rotatable bonds is 6. The van der Waals surface area contributed by atoms with Crippen molar-refractivity contribution in [3.05, 3.63) is 22.2 Å². The molecule has 0 spiro atoms. The highest BCUT2D eigenvalue weighted by Gasteiger charge is 2.08. The molecule has 0 aliphatic rings. The van der Waals surface area contributed by atoms with Crippen molar-refractivity contribution in [3.8, 4) is 0 Å². The zero-order valence-electron chi connectivity index (χ0n) is 9.99. The molecule has 0 aliphatic heterocycles. The third-order valence-corrected chi connectivity index (χ3v) is 2.33. The van der Waals surface area contributed by atoms with Crippen LogP contribution in [0.25, 0.3) is 0 Å². The van der Waals surface area contributed by atoms with E-state index in [-0.39, 0.29) is 5.56 Å². The number of aromatic nitrogens is 2. The first-order chi connectivity index (χ1) is 7.71. The van der Waals surface area contributed by atoms with E-state index in [9.17, 15) is 4.79 Å². The van der Waals surface area contributed by atoms with Crippen LogP contribution in [0.3, 0.4) is 0 Å². The van der Waals surface area contributed by atoms with E-state index in [0.29, 0.717) is 6.54 Å². The Bertz CT molecular complexity index is 368. The lowest BCUT2D eigenvalue weighted by atomic mass is 10.3. The maximum atomic E-state index is 11.4. The Balaban J connectivity index is 2.98. The van der Waals surface area contributed by atoms with Gasteiger partial charge in [0.2, 0.25) is 0 Å². The van der Waals surface area contributed by atoms with Gasteiger partial charge in [0.15, 0.2) is 0 Å². The van der Waals surface area contributed by atoms with Crippen LogP contribution in [0.15, 0.2) is 10.9 Å². The highest BCUT2D eigenvalue weighted by atomic mass is 16.1. The lowest BCUT2D eigenvalue weighted by Gasteiger charge is -2.22. The van der Waals surface area contributed by atoms with Crippen molar-refractivity contribution in [3.63, 3.8) is 0 Å². The fraction of sp³-hybridized carbons (Fsp3) is 0.636. The van der Waals surface area contributed by atoms with Crippen LogP contribution >= 0.6 is 0 Å². The van der Waals surface area contributed by atoms with Gasteiger partial charge in [-0.1, -0.05) is 13.8 Å². The summed E-state index contributed by atoms with van der Waals surface area (Å²) in [5.41, 5.74) is 5.45. The first kappa shape index (κ1) is 12.7. The average molecular weight is 224 g/mol. The molecule has 0 bridgehead atoms. The summed E-state index contributed by atoms with van der Waals surface area (Å²) in [5.74, 6) is 1.45. The first-order valence-corrected chi connectivity index (χ1v) is 5.76. The van der Waals surface area contributed by atoms with Crippen molar-refractivity contribution in [1.29, 1.82) is 0 Å². The second-order valence-electron chi connectivity index (χ2n) is 3.68. The molecular formula is C11H20N4O. The van der Waals surface area contributed by atoms with Gasteiger partial charge in [0.25, 0.3) is 5.56 Å². The third-order valence-electron chi connectivity index (χ3n) is 2.33. The minimum Gasteiger partial charge on any atom is -0.355 e. The molecule has 0 fully saturated rings. The van der Waals surface area contributed by atoms with E-state index >= 15 is 0 Å². The quantitative estimate of drug-likeness (QED) is 0.738. The molecule has 0 saturated heterocycles. The van der Waals surface area contributed by atoms with Crippen LogP contribution < -0.4 is 16.2 Å². The van der Waals surface area contributed by atoms with Gasteiger partial charge in [0.05, 0.1) is 0 Å². The number of nitrogens with one attached hydrogen (secondary N) is 1. The van der Waals surface area contributed by atoms with E-state index in [1.165, 1.54) is 6.07 Å². The molecule has 3 N–H and O–H groups in total. The van der Waals surface area contributed by atoms with Crippen molar-refractivity contribution in [2.24, 2.45) is 5.73 Å². The second kappa shape index (κ2) is 6.27. The first-order valence-electron chi connectivity index (χ1n) is 5.76. The van der Waals surface area contributed by atoms with Crippen molar-refractivity contribution >= 4 is 5.82 Å². The molecule has 1 aromatic heterocycles. The Morgan fingerprint density at radius 2 is 2.19 bits per heavy atom. The van der Waals surface area contributed by atoms with E-state index in [1.807, 2.05) is 6.92 Å². The zero-order chi connectivity index (χ0) is 12.0. The fourth-order valence-electron chi connectivity index (χ4n) is 1.59. The molecule has 5 nitrogen and oxygen atoms in total. The fourth-order valence-corrected chi connectivity index (χ4v) is 1.59. The predicted octanol–water partition coefficient (Wildman–Crippen LogP) is 0.507. The number of aromatic amines is 1. The highest BCUT2D eigenvalue weighted by molar-refractivity contribution is 5.37. The monoisotopic (exact) mass is 224 g/mol. The Kier molecular flexibility index (Phi) is 4.98. The van der Waals surface area contributed by atoms with E-state index in [1.54, 1.807) is 0 Å². The topological polar surface area (TPSA) is 75.0 Å². The van der Waals surface area contributed by atoms with Crippen molar-refractivity contribution in [1.82, 2.24) is 9.97 Å². The average Bonchev–Trinajstić information content (AvgIpc) is 2.28. The Morgan fingerprint density at radius 3 is 2.75 bits per heavy atom. The second-order valence-corrected chi connectivity index (χ2v) is 3.68. The molecule has 1 aromatic rings. The SMILES string of the molecule is CCCN(CCN)c1cc(=O)[nH]c(CC)n1. The van der Waals surface area contributed by atoms with Crippen molar-refractivity contribution in [2.75, 3.05) is 24.5 Å². The number of H-pyrrole nitrogens is 1. The minimum absolute atomic E-state index is 0.0972. The molecule has 0 aromatic carbocycles. The van der Waals surface area contributed by atoms with Gasteiger partial charge in [-0.2, -0.15) is 0 Å². The molecule has 0 amide bonds. The molecule has 0 aliphatic carbocycles. The standard InChI is InChI=1S/C11H20N4O/c1-3-6-15(7-5-12)10-8-11(16)14-9(4-2)13-10/h8H,3-7,12H2,1-2H3,(H,13,14,16). The van der Waals surface area contributed by atoms with Crippen LogP contribution in [0, 0.1) is 0 Å². The largest absolute Gasteiger partial charge is 0.355 e. The van der Waals surface area contributed by atoms with Crippen molar-refractivity contribution in [2.45, 2.75) is 26.7 Å². The van der Waals surface area contributed by atoms with Gasteiger partial charge < -0.3 is 15.6 Å². The number of nitrogens with zero attached hydrogens (tertiary/aromatic N) is 2. The highest BCUT2D eigenvalue weighted by Crippen LogP contribution is 2.08. The number of hydrogen-bond acceptors (Lipinski definition) is 4. The van der Waals surface area contributed by atoms with Crippen LogP contribution in [-0.4, -0.2) is 29.6 Å². The third kappa shape index (κ3) is 3.34. The maximum absolute atomic E-state index is 11.4. The summed E-state index contributed by atoms with van der Waals surface area (Å²) >= 11 is 0. The maximum Gasteiger partial charge on any atom is 0.252 e. The van der Waals surface area contributed by atoms with Gasteiger partial charge in [-0.05, 0) is 6.42 Å². The number of nitrogens with two attached hydrogens (primary N) is 1. The molecule has 1 heterocycles. The lowest BCUT2D eigenvalue weighted by molar-refractivity contribution is 0.741. The van der Waals surface area contributed by atoms with Gasteiger partial charge in [0, 0.05) is 32.1 Å². The molecule has 5 heteroatoms. The Hall–Kier alpha value is -1.36. The number of anilines is 1. The summed E-state index contributed by atoms with van der Waals surface area (Å²) in [7, 11) is 0. The summed E-state index contributed by atoms with van der Waals surface area (Å²) in [4.78, 5) is 20.6. The van der Waals surface area contributed by atoms with E-state index in [0.717, 1.165) is 37.6 Å². The molecule has 1 rings (SSSR count). The molecule has 0 saturated carbocycles. The lowest BCUT2D eigenvalue weighted by Crippen LogP contribution is -2.32. The summed E-state index contributed by atoms with van der Waals surface area (Å²) < 4.78 is 0. The summed E-state index contributed by atoms with van der Waals surface area (Å²) in [6.07, 6.45) is 1.74. The normalized spacial score (nSPS) is 10.4. The van der Waals surface area contributed by atoms with Gasteiger partial charge in [0.1, 0.15) is 11.6 Å². The molecule has 0 atom stereocenters. The summed E-state index contributed by atoms with van der Waals surface area (Å²) in [6.45, 7) is 6.23. The van der Waals surface area contributed by atoms with E-state index < -0.39 is 0 Å². The van der Waals surface area contributed by atoms with Crippen LogP contribution in [0.1, 0.15) is 26.1 Å². The Morgan fingerprint density at radius 1 is 1.44 bits per heavy atom. The smallest absolute Gasteiger partial charge is 0.252 e. The van der Waals surface area contributed by atoms with E-state index in [4.69, 9.17) is 5.73 Å². The number of hydrogen-bond donors (Lipinski definition) is 2. The summed E-state index contributed by atoms with van der Waals surface area (Å²) in [5, 5.41) is 0. The van der Waals surface area contributed by atoms with Gasteiger partial charge in [-0.15, -0.1) is 0 Å². The van der Waals surface area contributed by atoms with Crippen LogP contribution in [0.2, 0.25) is 0 Å².